The van der Waals surface area contributed by atoms with Gasteiger partial charge >= 0.3 is 0 Å². The summed E-state index contributed by atoms with van der Waals surface area (Å²) >= 11 is 9.26. The van der Waals surface area contributed by atoms with Gasteiger partial charge in [-0.25, -0.2) is 0 Å². The third-order valence-corrected chi connectivity index (χ3v) is 3.36. The highest BCUT2D eigenvalue weighted by atomic mass is 79.9. The normalized spacial score (nSPS) is 12.6. The van der Waals surface area contributed by atoms with Crippen LogP contribution in [0.4, 0.5) is 0 Å². The van der Waals surface area contributed by atoms with Crippen molar-refractivity contribution in [2.45, 2.75) is 19.4 Å². The number of hydrogen-bond acceptors (Lipinski definition) is 2. The topological polar surface area (TPSA) is 25.2 Å². The Labute approximate surface area is 120 Å². The highest BCUT2D eigenvalue weighted by Crippen LogP contribution is 2.27. The van der Waals surface area contributed by atoms with Crippen LogP contribution in [-0.4, -0.2) is 6.54 Å². The van der Waals surface area contributed by atoms with Gasteiger partial charge in [0, 0.05) is 5.02 Å². The van der Waals surface area contributed by atoms with Crippen molar-refractivity contribution in [3.8, 4) is 0 Å². The molecule has 0 saturated carbocycles. The third-order valence-electron chi connectivity index (χ3n) is 2.68. The molecule has 1 aromatic carbocycles. The molecule has 0 aliphatic heterocycles. The Morgan fingerprint density at radius 2 is 1.94 bits per heavy atom. The van der Waals surface area contributed by atoms with E-state index in [2.05, 4.69) is 28.2 Å². The van der Waals surface area contributed by atoms with Gasteiger partial charge < -0.3 is 9.73 Å². The van der Waals surface area contributed by atoms with E-state index in [1.165, 1.54) is 0 Å². The van der Waals surface area contributed by atoms with Gasteiger partial charge in [0.25, 0.3) is 0 Å². The Bertz CT molecular complexity index is 495. The minimum atomic E-state index is 0.0634. The fourth-order valence-electron chi connectivity index (χ4n) is 1.81. The summed E-state index contributed by atoms with van der Waals surface area (Å²) in [5.74, 6) is 0.901. The molecule has 2 rings (SSSR count). The van der Waals surface area contributed by atoms with Crippen LogP contribution in [-0.2, 0) is 0 Å². The lowest BCUT2D eigenvalue weighted by molar-refractivity contribution is 0.433. The van der Waals surface area contributed by atoms with Gasteiger partial charge in [-0.15, -0.1) is 0 Å². The maximum Gasteiger partial charge on any atom is 0.169 e. The number of furan rings is 1. The molecule has 1 N–H and O–H groups in total. The van der Waals surface area contributed by atoms with Crippen LogP contribution in [0.2, 0.25) is 5.02 Å². The summed E-state index contributed by atoms with van der Waals surface area (Å²) in [6.07, 6.45) is 1.08. The molecule has 96 valence electrons. The van der Waals surface area contributed by atoms with Gasteiger partial charge in [-0.1, -0.05) is 30.7 Å². The molecular weight excluding hydrogens is 314 g/mol. The van der Waals surface area contributed by atoms with E-state index in [1.807, 2.05) is 36.4 Å². The average Bonchev–Trinajstić information content (AvgIpc) is 2.78. The van der Waals surface area contributed by atoms with Gasteiger partial charge in [-0.3, -0.25) is 0 Å². The van der Waals surface area contributed by atoms with Crippen molar-refractivity contribution >= 4 is 27.5 Å². The van der Waals surface area contributed by atoms with E-state index in [1.54, 1.807) is 0 Å². The minimum Gasteiger partial charge on any atom is -0.452 e. The van der Waals surface area contributed by atoms with Crippen LogP contribution in [0, 0.1) is 0 Å². The summed E-state index contributed by atoms with van der Waals surface area (Å²) in [5.41, 5.74) is 1.15. The molecule has 2 nitrogen and oxygen atoms in total. The Hall–Kier alpha value is -0.770. The standard InChI is InChI=1S/C14H15BrClNO/c1-2-9-17-14(12-7-8-13(15)18-12)10-3-5-11(16)6-4-10/h3-8,14,17H,2,9H2,1H3. The quantitative estimate of drug-likeness (QED) is 0.854. The zero-order chi connectivity index (χ0) is 13.0. The highest BCUT2D eigenvalue weighted by Gasteiger charge is 2.16. The predicted molar refractivity (Wildman–Crippen MR) is 78.0 cm³/mol. The summed E-state index contributed by atoms with van der Waals surface area (Å²) in [5, 5.41) is 4.22. The van der Waals surface area contributed by atoms with Gasteiger partial charge in [-0.05, 0) is 58.7 Å². The number of nitrogens with one attached hydrogen (secondary N) is 1. The van der Waals surface area contributed by atoms with Gasteiger partial charge in [-0.2, -0.15) is 0 Å². The third kappa shape index (κ3) is 3.37. The SMILES string of the molecule is CCCNC(c1ccc(Cl)cc1)c1ccc(Br)o1. The van der Waals surface area contributed by atoms with Crippen LogP contribution in [0.3, 0.4) is 0 Å². The second kappa shape index (κ2) is 6.41. The molecule has 0 aliphatic carbocycles. The molecule has 1 heterocycles. The first kappa shape index (κ1) is 13.7. The van der Waals surface area contributed by atoms with Crippen molar-refractivity contribution in [3.05, 3.63) is 57.4 Å². The molecule has 0 amide bonds. The lowest BCUT2D eigenvalue weighted by Crippen LogP contribution is -2.22. The molecule has 1 unspecified atom stereocenters. The van der Waals surface area contributed by atoms with Crippen LogP contribution >= 0.6 is 27.5 Å². The van der Waals surface area contributed by atoms with Crippen molar-refractivity contribution < 1.29 is 4.42 Å². The molecule has 1 aromatic heterocycles. The van der Waals surface area contributed by atoms with E-state index >= 15 is 0 Å². The van der Waals surface area contributed by atoms with Crippen molar-refractivity contribution in [1.82, 2.24) is 5.32 Å². The molecule has 18 heavy (non-hydrogen) atoms. The largest absolute Gasteiger partial charge is 0.452 e. The Morgan fingerprint density at radius 3 is 2.50 bits per heavy atom. The molecule has 0 fully saturated rings. The van der Waals surface area contributed by atoms with Gasteiger partial charge in [0.1, 0.15) is 5.76 Å². The van der Waals surface area contributed by atoms with E-state index in [4.69, 9.17) is 16.0 Å². The number of halogens is 2. The van der Waals surface area contributed by atoms with E-state index in [0.29, 0.717) is 0 Å². The second-order valence-corrected chi connectivity index (χ2v) is 5.30. The zero-order valence-corrected chi connectivity index (χ0v) is 12.5. The maximum absolute atomic E-state index is 5.92. The van der Waals surface area contributed by atoms with Crippen LogP contribution in [0.5, 0.6) is 0 Å². The summed E-state index contributed by atoms with van der Waals surface area (Å²) in [4.78, 5) is 0. The smallest absolute Gasteiger partial charge is 0.169 e. The first-order valence-corrected chi connectivity index (χ1v) is 7.12. The molecule has 0 radical (unpaired) electrons. The van der Waals surface area contributed by atoms with Gasteiger partial charge in [0.15, 0.2) is 4.67 Å². The van der Waals surface area contributed by atoms with Crippen LogP contribution in [0.25, 0.3) is 0 Å². The predicted octanol–water partition coefficient (Wildman–Crippen LogP) is 4.78. The van der Waals surface area contributed by atoms with Gasteiger partial charge in [0.05, 0.1) is 6.04 Å². The summed E-state index contributed by atoms with van der Waals surface area (Å²) in [6, 6.07) is 11.8. The molecule has 0 spiro atoms. The van der Waals surface area contributed by atoms with Gasteiger partial charge in [0.2, 0.25) is 0 Å². The fourth-order valence-corrected chi connectivity index (χ4v) is 2.26. The second-order valence-electron chi connectivity index (χ2n) is 4.08. The van der Waals surface area contributed by atoms with Crippen LogP contribution in [0.15, 0.2) is 45.5 Å². The summed E-state index contributed by atoms with van der Waals surface area (Å²) < 4.78 is 6.39. The molecule has 2 aromatic rings. The molecule has 1 atom stereocenters. The van der Waals surface area contributed by atoms with Crippen LogP contribution in [0.1, 0.15) is 30.7 Å². The Kier molecular flexibility index (Phi) is 4.87. The summed E-state index contributed by atoms with van der Waals surface area (Å²) in [7, 11) is 0. The molecule has 0 aliphatic rings. The number of benzene rings is 1. The lowest BCUT2D eigenvalue weighted by atomic mass is 10.0. The number of hydrogen-bond donors (Lipinski definition) is 1. The molecule has 0 bridgehead atoms. The fraction of sp³-hybridized carbons (Fsp3) is 0.286. The van der Waals surface area contributed by atoms with E-state index < -0.39 is 0 Å². The van der Waals surface area contributed by atoms with Crippen molar-refractivity contribution in [2.24, 2.45) is 0 Å². The van der Waals surface area contributed by atoms with Crippen molar-refractivity contribution in [1.29, 1.82) is 0 Å². The first-order valence-electron chi connectivity index (χ1n) is 5.94. The Balaban J connectivity index is 2.27. The lowest BCUT2D eigenvalue weighted by Gasteiger charge is -2.16. The molecular formula is C14H15BrClNO. The maximum atomic E-state index is 5.92. The van der Waals surface area contributed by atoms with E-state index in [9.17, 15) is 0 Å². The summed E-state index contributed by atoms with van der Waals surface area (Å²) in [6.45, 7) is 3.08. The minimum absolute atomic E-state index is 0.0634. The van der Waals surface area contributed by atoms with Crippen LogP contribution < -0.4 is 5.32 Å². The highest BCUT2D eigenvalue weighted by molar-refractivity contribution is 9.10. The number of rotatable bonds is 5. The van der Waals surface area contributed by atoms with Crippen molar-refractivity contribution in [2.75, 3.05) is 6.54 Å². The van der Waals surface area contributed by atoms with E-state index in [-0.39, 0.29) is 6.04 Å². The van der Waals surface area contributed by atoms with E-state index in [0.717, 1.165) is 34.0 Å². The molecule has 0 saturated heterocycles. The van der Waals surface area contributed by atoms with Crippen molar-refractivity contribution in [3.63, 3.8) is 0 Å². The average molecular weight is 329 g/mol. The first-order chi connectivity index (χ1) is 8.70. The monoisotopic (exact) mass is 327 g/mol. The molecule has 4 heteroatoms. The Morgan fingerprint density at radius 1 is 1.22 bits per heavy atom. The zero-order valence-electron chi connectivity index (χ0n) is 10.1.